The van der Waals surface area contributed by atoms with E-state index in [2.05, 4.69) is 4.98 Å². The molecule has 3 aromatic rings. The van der Waals surface area contributed by atoms with Crippen LogP contribution in [-0.2, 0) is 17.8 Å². The second-order valence-corrected chi connectivity index (χ2v) is 7.03. The molecule has 0 aliphatic carbocycles. The van der Waals surface area contributed by atoms with Crippen molar-refractivity contribution in [3.05, 3.63) is 76.3 Å². The molecule has 0 bridgehead atoms. The van der Waals surface area contributed by atoms with Crippen molar-refractivity contribution in [3.63, 3.8) is 0 Å². The van der Waals surface area contributed by atoms with Gasteiger partial charge >= 0.3 is 0 Å². The third-order valence-electron chi connectivity index (χ3n) is 4.00. The number of nitrogens with zero attached hydrogens (tertiary/aromatic N) is 2. The van der Waals surface area contributed by atoms with Gasteiger partial charge in [0, 0.05) is 36.2 Å². The maximum atomic E-state index is 13.7. The van der Waals surface area contributed by atoms with Crippen LogP contribution in [0.5, 0.6) is 0 Å². The zero-order valence-electron chi connectivity index (χ0n) is 14.5. The average Bonchev–Trinajstić information content (AvgIpc) is 3.06. The first-order chi connectivity index (χ1) is 12.4. The average molecular weight is 372 g/mol. The third-order valence-corrected chi connectivity index (χ3v) is 4.94. The molecule has 0 aliphatic rings. The molecule has 0 fully saturated rings. The summed E-state index contributed by atoms with van der Waals surface area (Å²) < 4.78 is 26.7. The largest absolute Gasteiger partial charge is 0.341 e. The molecule has 0 saturated carbocycles. The Kier molecular flexibility index (Phi) is 5.42. The number of thiazole rings is 1. The SMILES string of the molecule is Cc1cccc(-c2nc(CC(=O)N(C)Cc3ccc(F)cc3F)cs2)c1. The summed E-state index contributed by atoms with van der Waals surface area (Å²) in [5.74, 6) is -1.46. The van der Waals surface area contributed by atoms with Crippen LogP contribution in [0.15, 0.2) is 47.8 Å². The fourth-order valence-electron chi connectivity index (χ4n) is 2.58. The zero-order valence-corrected chi connectivity index (χ0v) is 15.3. The van der Waals surface area contributed by atoms with Gasteiger partial charge in [-0.15, -0.1) is 11.3 Å². The van der Waals surface area contributed by atoms with Crippen molar-refractivity contribution in [2.45, 2.75) is 19.9 Å². The van der Waals surface area contributed by atoms with Gasteiger partial charge in [-0.1, -0.05) is 29.8 Å². The lowest BCUT2D eigenvalue weighted by Crippen LogP contribution is -2.28. The number of amides is 1. The quantitative estimate of drug-likeness (QED) is 0.656. The second kappa shape index (κ2) is 7.74. The lowest BCUT2D eigenvalue weighted by molar-refractivity contribution is -0.129. The van der Waals surface area contributed by atoms with Crippen molar-refractivity contribution in [1.82, 2.24) is 9.88 Å². The van der Waals surface area contributed by atoms with Gasteiger partial charge in [-0.05, 0) is 19.1 Å². The van der Waals surface area contributed by atoms with Gasteiger partial charge in [-0.3, -0.25) is 4.79 Å². The molecule has 1 heterocycles. The Balaban J connectivity index is 1.66. The third kappa shape index (κ3) is 4.32. The van der Waals surface area contributed by atoms with Crippen LogP contribution in [0.3, 0.4) is 0 Å². The molecule has 2 aromatic carbocycles. The Labute approximate surface area is 154 Å². The van der Waals surface area contributed by atoms with Gasteiger partial charge in [0.25, 0.3) is 0 Å². The van der Waals surface area contributed by atoms with Crippen LogP contribution in [-0.4, -0.2) is 22.8 Å². The minimum absolute atomic E-state index is 0.0832. The van der Waals surface area contributed by atoms with Gasteiger partial charge in [0.15, 0.2) is 0 Å². The number of carbonyl (C=O) groups excluding carboxylic acids is 1. The molecule has 0 N–H and O–H groups in total. The van der Waals surface area contributed by atoms with Crippen LogP contribution < -0.4 is 0 Å². The zero-order chi connectivity index (χ0) is 18.7. The molecule has 3 rings (SSSR count). The molecule has 0 unspecified atom stereocenters. The molecule has 6 heteroatoms. The molecule has 1 amide bonds. The van der Waals surface area contributed by atoms with E-state index in [9.17, 15) is 13.6 Å². The highest BCUT2D eigenvalue weighted by Gasteiger charge is 2.15. The lowest BCUT2D eigenvalue weighted by atomic mass is 10.1. The molecule has 0 aliphatic heterocycles. The van der Waals surface area contributed by atoms with E-state index in [1.807, 2.05) is 36.6 Å². The van der Waals surface area contributed by atoms with Gasteiger partial charge in [0.05, 0.1) is 12.1 Å². The topological polar surface area (TPSA) is 33.2 Å². The van der Waals surface area contributed by atoms with Crippen molar-refractivity contribution in [1.29, 1.82) is 0 Å². The van der Waals surface area contributed by atoms with Crippen molar-refractivity contribution >= 4 is 17.2 Å². The van der Waals surface area contributed by atoms with Gasteiger partial charge < -0.3 is 4.90 Å². The predicted octanol–water partition coefficient (Wildman–Crippen LogP) is 4.60. The van der Waals surface area contributed by atoms with Crippen LogP contribution in [0.4, 0.5) is 8.78 Å². The summed E-state index contributed by atoms with van der Waals surface area (Å²) in [4.78, 5) is 18.3. The monoisotopic (exact) mass is 372 g/mol. The number of halogens is 2. The van der Waals surface area contributed by atoms with Gasteiger partial charge in [-0.25, -0.2) is 13.8 Å². The first kappa shape index (κ1) is 18.2. The lowest BCUT2D eigenvalue weighted by Gasteiger charge is -2.17. The molecule has 1 aromatic heterocycles. The minimum atomic E-state index is -0.653. The van der Waals surface area contributed by atoms with E-state index >= 15 is 0 Å². The summed E-state index contributed by atoms with van der Waals surface area (Å²) in [6.45, 7) is 2.10. The highest BCUT2D eigenvalue weighted by Crippen LogP contribution is 2.25. The Bertz CT molecular complexity index is 939. The van der Waals surface area contributed by atoms with Crippen molar-refractivity contribution < 1.29 is 13.6 Å². The first-order valence-electron chi connectivity index (χ1n) is 8.11. The van der Waals surface area contributed by atoms with Crippen LogP contribution in [0.25, 0.3) is 10.6 Å². The minimum Gasteiger partial charge on any atom is -0.341 e. The standard InChI is InChI=1S/C20H18F2N2OS/c1-13-4-3-5-14(8-13)20-23-17(12-26-20)10-19(25)24(2)11-15-6-7-16(21)9-18(15)22/h3-9,12H,10-11H2,1-2H3. The van der Waals surface area contributed by atoms with Crippen LogP contribution in [0, 0.1) is 18.6 Å². The Hall–Kier alpha value is -2.60. The molecular formula is C20H18F2N2OS. The van der Waals surface area contributed by atoms with E-state index in [0.29, 0.717) is 5.69 Å². The van der Waals surface area contributed by atoms with Crippen molar-refractivity contribution in [2.75, 3.05) is 7.05 Å². The fraction of sp³-hybridized carbons (Fsp3) is 0.200. The number of aryl methyl sites for hydroxylation is 1. The second-order valence-electron chi connectivity index (χ2n) is 6.18. The van der Waals surface area contributed by atoms with E-state index in [1.54, 1.807) is 7.05 Å². The highest BCUT2D eigenvalue weighted by molar-refractivity contribution is 7.13. The highest BCUT2D eigenvalue weighted by atomic mass is 32.1. The number of carbonyl (C=O) groups is 1. The Morgan fingerprint density at radius 3 is 2.73 bits per heavy atom. The van der Waals surface area contributed by atoms with Crippen LogP contribution in [0.1, 0.15) is 16.8 Å². The normalized spacial score (nSPS) is 10.8. The molecule has 0 saturated heterocycles. The summed E-state index contributed by atoms with van der Waals surface area (Å²) >= 11 is 1.49. The van der Waals surface area contributed by atoms with Gasteiger partial charge in [-0.2, -0.15) is 0 Å². The maximum absolute atomic E-state index is 13.7. The summed E-state index contributed by atoms with van der Waals surface area (Å²) in [6.07, 6.45) is 0.141. The van der Waals surface area contributed by atoms with E-state index in [1.165, 1.54) is 28.4 Å². The number of benzene rings is 2. The molecule has 26 heavy (non-hydrogen) atoms. The van der Waals surface area contributed by atoms with Gasteiger partial charge in [0.1, 0.15) is 16.6 Å². The summed E-state index contributed by atoms with van der Waals surface area (Å²) in [5, 5.41) is 2.73. The van der Waals surface area contributed by atoms with Crippen molar-refractivity contribution in [3.8, 4) is 10.6 Å². The smallest absolute Gasteiger partial charge is 0.228 e. The fourth-order valence-corrected chi connectivity index (χ4v) is 3.40. The van der Waals surface area contributed by atoms with E-state index < -0.39 is 11.6 Å². The molecule has 0 radical (unpaired) electrons. The van der Waals surface area contributed by atoms with Crippen LogP contribution >= 0.6 is 11.3 Å². The number of aromatic nitrogens is 1. The summed E-state index contributed by atoms with van der Waals surface area (Å²) in [6, 6.07) is 11.4. The molecule has 3 nitrogen and oxygen atoms in total. The Morgan fingerprint density at radius 1 is 1.19 bits per heavy atom. The van der Waals surface area contributed by atoms with Gasteiger partial charge in [0.2, 0.25) is 5.91 Å². The van der Waals surface area contributed by atoms with Crippen LogP contribution in [0.2, 0.25) is 0 Å². The number of rotatable bonds is 5. The summed E-state index contributed by atoms with van der Waals surface area (Å²) in [5.41, 5.74) is 3.13. The number of likely N-dealkylation sites (N-methyl/N-ethyl adjacent to an activating group) is 1. The van der Waals surface area contributed by atoms with Crippen molar-refractivity contribution in [2.24, 2.45) is 0 Å². The molecular weight excluding hydrogens is 354 g/mol. The molecule has 0 spiro atoms. The summed E-state index contributed by atoms with van der Waals surface area (Å²) in [7, 11) is 1.60. The number of hydrogen-bond donors (Lipinski definition) is 0. The van der Waals surface area contributed by atoms with E-state index in [-0.39, 0.29) is 24.4 Å². The maximum Gasteiger partial charge on any atom is 0.228 e. The van der Waals surface area contributed by atoms with E-state index in [4.69, 9.17) is 0 Å². The first-order valence-corrected chi connectivity index (χ1v) is 8.99. The molecule has 134 valence electrons. The Morgan fingerprint density at radius 2 is 2.00 bits per heavy atom. The van der Waals surface area contributed by atoms with E-state index in [0.717, 1.165) is 22.2 Å². The number of hydrogen-bond acceptors (Lipinski definition) is 3. The molecule has 0 atom stereocenters. The predicted molar refractivity (Wildman–Crippen MR) is 98.8 cm³/mol.